The van der Waals surface area contributed by atoms with Crippen molar-refractivity contribution in [1.82, 2.24) is 4.57 Å². The molecule has 0 saturated carbocycles. The molecule has 0 radical (unpaired) electrons. The van der Waals surface area contributed by atoms with E-state index in [1.54, 1.807) is 42.5 Å². The fraction of sp³-hybridized carbons (Fsp3) is 0. The molecule has 0 N–H and O–H groups in total. The molecular formula is C24H15F2NO2S. The van der Waals surface area contributed by atoms with Crippen LogP contribution in [0, 0.1) is 11.6 Å². The number of nitrogens with zero attached hydrogens (tertiary/aromatic N) is 1. The van der Waals surface area contributed by atoms with Crippen LogP contribution in [0.2, 0.25) is 0 Å². The van der Waals surface area contributed by atoms with E-state index in [0.29, 0.717) is 11.0 Å². The molecule has 3 nitrogen and oxygen atoms in total. The largest absolute Gasteiger partial charge is 0.304 e. The minimum atomic E-state index is -4.04. The van der Waals surface area contributed by atoms with Crippen LogP contribution in [0.3, 0.4) is 0 Å². The highest BCUT2D eigenvalue weighted by Crippen LogP contribution is 2.35. The highest BCUT2D eigenvalue weighted by atomic mass is 32.2. The van der Waals surface area contributed by atoms with Crippen molar-refractivity contribution in [3.8, 4) is 5.69 Å². The second-order valence-corrected chi connectivity index (χ2v) is 8.87. The average molecular weight is 419 g/mol. The molecule has 30 heavy (non-hydrogen) atoms. The quantitative estimate of drug-likeness (QED) is 0.366. The summed E-state index contributed by atoms with van der Waals surface area (Å²) >= 11 is 0. The zero-order valence-corrected chi connectivity index (χ0v) is 16.4. The van der Waals surface area contributed by atoms with Crippen LogP contribution in [0.1, 0.15) is 0 Å². The van der Waals surface area contributed by atoms with Gasteiger partial charge in [-0.2, -0.15) is 0 Å². The smallest absolute Gasteiger partial charge is 0.206 e. The summed E-state index contributed by atoms with van der Waals surface area (Å²) in [7, 11) is -4.04. The van der Waals surface area contributed by atoms with Gasteiger partial charge in [0.15, 0.2) is 11.6 Å². The van der Waals surface area contributed by atoms with Gasteiger partial charge in [0.05, 0.1) is 20.8 Å². The lowest BCUT2D eigenvalue weighted by molar-refractivity contribution is 0.559. The maximum absolute atomic E-state index is 15.3. The number of fused-ring (bicyclic) bond motifs is 3. The van der Waals surface area contributed by atoms with Crippen LogP contribution in [0.4, 0.5) is 8.78 Å². The molecule has 1 heterocycles. The zero-order valence-electron chi connectivity index (χ0n) is 15.6. The van der Waals surface area contributed by atoms with E-state index < -0.39 is 26.4 Å². The van der Waals surface area contributed by atoms with Crippen LogP contribution >= 0.6 is 0 Å². The summed E-state index contributed by atoms with van der Waals surface area (Å²) in [6.07, 6.45) is 0. The summed E-state index contributed by atoms with van der Waals surface area (Å²) in [4.78, 5) is -0.443. The Hall–Kier alpha value is -3.51. The van der Waals surface area contributed by atoms with Crippen molar-refractivity contribution in [3.05, 3.63) is 103 Å². The predicted octanol–water partition coefficient (Wildman–Crippen LogP) is 5.89. The molecule has 0 spiro atoms. The lowest BCUT2D eigenvalue weighted by Crippen LogP contribution is -2.07. The van der Waals surface area contributed by atoms with E-state index in [1.165, 1.54) is 16.7 Å². The highest BCUT2D eigenvalue weighted by molar-refractivity contribution is 7.91. The number of hydrogen-bond acceptors (Lipinski definition) is 2. The van der Waals surface area contributed by atoms with Crippen LogP contribution in [0.25, 0.3) is 27.5 Å². The number of benzene rings is 4. The van der Waals surface area contributed by atoms with Crippen LogP contribution in [0.15, 0.2) is 101 Å². The molecule has 6 heteroatoms. The zero-order chi connectivity index (χ0) is 20.9. The highest BCUT2D eigenvalue weighted by Gasteiger charge is 2.24. The molecule has 0 atom stereocenters. The number of sulfone groups is 1. The molecule has 0 saturated heterocycles. The fourth-order valence-electron chi connectivity index (χ4n) is 3.81. The van der Waals surface area contributed by atoms with Crippen LogP contribution < -0.4 is 0 Å². The van der Waals surface area contributed by atoms with Gasteiger partial charge in [0.2, 0.25) is 9.84 Å². The molecule has 148 valence electrons. The Labute approximate surface area is 171 Å². The van der Waals surface area contributed by atoms with Crippen molar-refractivity contribution in [2.24, 2.45) is 0 Å². The van der Waals surface area contributed by atoms with E-state index in [4.69, 9.17) is 0 Å². The molecule has 0 bridgehead atoms. The van der Waals surface area contributed by atoms with Crippen molar-refractivity contribution in [2.75, 3.05) is 0 Å². The van der Waals surface area contributed by atoms with Crippen LogP contribution in [-0.2, 0) is 9.84 Å². The Kier molecular flexibility index (Phi) is 4.18. The number of aromatic nitrogens is 1. The third-order valence-corrected chi connectivity index (χ3v) is 6.91. The molecule has 0 amide bonds. The van der Waals surface area contributed by atoms with Gasteiger partial charge in [-0.1, -0.05) is 54.6 Å². The van der Waals surface area contributed by atoms with E-state index in [-0.39, 0.29) is 10.6 Å². The summed E-state index contributed by atoms with van der Waals surface area (Å²) in [5, 5.41) is 1.71. The molecule has 5 aromatic rings. The molecule has 0 aliphatic heterocycles. The Bertz CT molecular complexity index is 1450. The minimum absolute atomic E-state index is 0.0200. The maximum atomic E-state index is 15.3. The van der Waals surface area contributed by atoms with Gasteiger partial charge in [0.1, 0.15) is 5.69 Å². The molecular weight excluding hydrogens is 404 g/mol. The van der Waals surface area contributed by atoms with E-state index in [0.717, 1.165) is 22.9 Å². The topological polar surface area (TPSA) is 39.1 Å². The van der Waals surface area contributed by atoms with Crippen molar-refractivity contribution in [3.63, 3.8) is 0 Å². The van der Waals surface area contributed by atoms with Gasteiger partial charge < -0.3 is 4.57 Å². The van der Waals surface area contributed by atoms with Gasteiger partial charge >= 0.3 is 0 Å². The summed E-state index contributed by atoms with van der Waals surface area (Å²) in [5.74, 6) is -1.90. The SMILES string of the molecule is O=S(=O)(c1ccccc1)c1cc(F)c(-n2c3ccccc3c3ccccc32)c(F)c1. The maximum Gasteiger partial charge on any atom is 0.206 e. The molecule has 0 aliphatic carbocycles. The Balaban J connectivity index is 1.79. The Morgan fingerprint density at radius 3 is 1.60 bits per heavy atom. The van der Waals surface area contributed by atoms with Crippen molar-refractivity contribution < 1.29 is 17.2 Å². The van der Waals surface area contributed by atoms with Crippen molar-refractivity contribution >= 4 is 31.6 Å². The Morgan fingerprint density at radius 2 is 1.07 bits per heavy atom. The van der Waals surface area contributed by atoms with Gasteiger partial charge in [0, 0.05) is 10.8 Å². The summed E-state index contributed by atoms with van der Waals surface area (Å²) in [5.41, 5.74) is 0.963. The predicted molar refractivity (Wildman–Crippen MR) is 113 cm³/mol. The summed E-state index contributed by atoms with van der Waals surface area (Å²) in [6, 6.07) is 24.0. The number of halogens is 2. The first-order chi connectivity index (χ1) is 14.5. The molecule has 4 aromatic carbocycles. The van der Waals surface area contributed by atoms with Gasteiger partial charge in [-0.25, -0.2) is 17.2 Å². The number of para-hydroxylation sites is 2. The molecule has 0 aliphatic rings. The molecule has 0 unspecified atom stereocenters. The van der Waals surface area contributed by atoms with Crippen molar-refractivity contribution in [1.29, 1.82) is 0 Å². The third-order valence-electron chi connectivity index (χ3n) is 5.16. The second kappa shape index (κ2) is 6.78. The summed E-state index contributed by atoms with van der Waals surface area (Å²) < 4.78 is 57.6. The monoisotopic (exact) mass is 419 g/mol. The van der Waals surface area contributed by atoms with Crippen molar-refractivity contribution in [2.45, 2.75) is 9.79 Å². The molecule has 0 fully saturated rings. The van der Waals surface area contributed by atoms with E-state index >= 15 is 8.78 Å². The van der Waals surface area contributed by atoms with Crippen LogP contribution in [-0.4, -0.2) is 13.0 Å². The molecule has 5 rings (SSSR count). The first kappa shape index (κ1) is 18.5. The van der Waals surface area contributed by atoms with E-state index in [1.807, 2.05) is 24.3 Å². The Morgan fingerprint density at radius 1 is 0.600 bits per heavy atom. The standard InChI is InChI=1S/C24H15F2NO2S/c25-20-14-17(30(28,29)16-8-2-1-3-9-16)15-21(26)24(20)27-22-12-6-4-10-18(22)19-11-5-7-13-23(19)27/h1-15H. The lowest BCUT2D eigenvalue weighted by Gasteiger charge is -2.12. The van der Waals surface area contributed by atoms with Crippen LogP contribution in [0.5, 0.6) is 0 Å². The van der Waals surface area contributed by atoms with Gasteiger partial charge in [-0.05, 0) is 36.4 Å². The normalized spacial score (nSPS) is 11.9. The molecule has 1 aromatic heterocycles. The second-order valence-electron chi connectivity index (χ2n) is 6.92. The minimum Gasteiger partial charge on any atom is -0.304 e. The first-order valence-electron chi connectivity index (χ1n) is 9.26. The van der Waals surface area contributed by atoms with Gasteiger partial charge in [-0.15, -0.1) is 0 Å². The summed E-state index contributed by atoms with van der Waals surface area (Å²) in [6.45, 7) is 0. The van der Waals surface area contributed by atoms with E-state index in [2.05, 4.69) is 0 Å². The van der Waals surface area contributed by atoms with Gasteiger partial charge in [0.25, 0.3) is 0 Å². The number of hydrogen-bond donors (Lipinski definition) is 0. The third kappa shape index (κ3) is 2.72. The number of rotatable bonds is 3. The lowest BCUT2D eigenvalue weighted by atomic mass is 10.2. The first-order valence-corrected chi connectivity index (χ1v) is 10.7. The fourth-order valence-corrected chi connectivity index (χ4v) is 5.12. The van der Waals surface area contributed by atoms with E-state index in [9.17, 15) is 8.42 Å². The average Bonchev–Trinajstić information content (AvgIpc) is 3.08. The van der Waals surface area contributed by atoms with Gasteiger partial charge in [-0.3, -0.25) is 0 Å².